The Kier molecular flexibility index (Phi) is 6.96. The first-order chi connectivity index (χ1) is 11.9. The van der Waals surface area contributed by atoms with Gasteiger partial charge in [-0.25, -0.2) is 0 Å². The van der Waals surface area contributed by atoms with Crippen molar-refractivity contribution in [3.8, 4) is 0 Å². The van der Waals surface area contributed by atoms with Crippen molar-refractivity contribution < 1.29 is 14.3 Å². The summed E-state index contributed by atoms with van der Waals surface area (Å²) >= 11 is 0. The van der Waals surface area contributed by atoms with Crippen LogP contribution < -0.4 is 10.6 Å². The van der Waals surface area contributed by atoms with E-state index < -0.39 is 5.41 Å². The van der Waals surface area contributed by atoms with Gasteiger partial charge in [0, 0.05) is 25.0 Å². The number of benzene rings is 1. The van der Waals surface area contributed by atoms with Gasteiger partial charge < -0.3 is 15.4 Å². The first-order valence-corrected chi connectivity index (χ1v) is 8.87. The highest BCUT2D eigenvalue weighted by molar-refractivity contribution is 6.04. The molecule has 1 aromatic carbocycles. The summed E-state index contributed by atoms with van der Waals surface area (Å²) in [6.07, 6.45) is 0.891. The van der Waals surface area contributed by atoms with Gasteiger partial charge in [0.05, 0.1) is 24.5 Å². The van der Waals surface area contributed by atoms with Crippen molar-refractivity contribution in [3.63, 3.8) is 0 Å². The average Bonchev–Trinajstić information content (AvgIpc) is 2.59. The van der Waals surface area contributed by atoms with Crippen LogP contribution in [-0.2, 0) is 9.53 Å². The zero-order valence-corrected chi connectivity index (χ0v) is 15.4. The predicted molar refractivity (Wildman–Crippen MR) is 98.7 cm³/mol. The first-order valence-electron chi connectivity index (χ1n) is 8.87. The number of amides is 2. The van der Waals surface area contributed by atoms with Gasteiger partial charge >= 0.3 is 0 Å². The lowest BCUT2D eigenvalue weighted by atomic mass is 9.95. The molecule has 6 nitrogen and oxygen atoms in total. The molecule has 0 spiro atoms. The molecule has 1 aromatic rings. The Balaban J connectivity index is 1.85. The van der Waals surface area contributed by atoms with Crippen LogP contribution in [0.1, 0.15) is 37.6 Å². The molecule has 1 fully saturated rings. The summed E-state index contributed by atoms with van der Waals surface area (Å²) in [5, 5.41) is 5.79. The predicted octanol–water partition coefficient (Wildman–Crippen LogP) is 2.12. The van der Waals surface area contributed by atoms with Crippen LogP contribution in [0.4, 0.5) is 5.69 Å². The number of rotatable bonds is 6. The molecule has 0 atom stereocenters. The van der Waals surface area contributed by atoms with Crippen molar-refractivity contribution in [2.24, 2.45) is 5.41 Å². The topological polar surface area (TPSA) is 70.7 Å². The van der Waals surface area contributed by atoms with Gasteiger partial charge in [-0.1, -0.05) is 32.9 Å². The summed E-state index contributed by atoms with van der Waals surface area (Å²) in [4.78, 5) is 27.0. The van der Waals surface area contributed by atoms with Gasteiger partial charge in [0.15, 0.2) is 0 Å². The molecular weight excluding hydrogens is 318 g/mol. The minimum Gasteiger partial charge on any atom is -0.379 e. The number of hydrogen-bond donors (Lipinski definition) is 2. The Hall–Kier alpha value is -1.92. The van der Waals surface area contributed by atoms with Crippen LogP contribution in [0.15, 0.2) is 24.3 Å². The van der Waals surface area contributed by atoms with E-state index in [1.54, 1.807) is 18.2 Å². The zero-order chi connectivity index (χ0) is 18.3. The lowest BCUT2D eigenvalue weighted by Crippen LogP contribution is -2.38. The van der Waals surface area contributed by atoms with Crippen LogP contribution >= 0.6 is 0 Å². The van der Waals surface area contributed by atoms with Crippen molar-refractivity contribution in [2.75, 3.05) is 44.7 Å². The smallest absolute Gasteiger partial charge is 0.253 e. The number of nitrogens with one attached hydrogen (secondary N) is 2. The second kappa shape index (κ2) is 8.97. The second-order valence-electron chi connectivity index (χ2n) is 7.31. The summed E-state index contributed by atoms with van der Waals surface area (Å²) < 4.78 is 5.32. The number of carbonyl (C=O) groups excluding carboxylic acids is 2. The van der Waals surface area contributed by atoms with E-state index in [2.05, 4.69) is 15.5 Å². The zero-order valence-electron chi connectivity index (χ0n) is 15.4. The molecule has 0 bridgehead atoms. The number of anilines is 1. The van der Waals surface area contributed by atoms with Crippen LogP contribution in [0, 0.1) is 5.41 Å². The molecule has 1 heterocycles. The van der Waals surface area contributed by atoms with Crippen molar-refractivity contribution in [3.05, 3.63) is 29.8 Å². The Bertz CT molecular complexity index is 590. The lowest BCUT2D eigenvalue weighted by Gasteiger charge is -2.26. The van der Waals surface area contributed by atoms with Crippen molar-refractivity contribution in [1.29, 1.82) is 0 Å². The highest BCUT2D eigenvalue weighted by Crippen LogP contribution is 2.20. The Morgan fingerprint density at radius 2 is 1.84 bits per heavy atom. The van der Waals surface area contributed by atoms with Gasteiger partial charge in [-0.3, -0.25) is 14.5 Å². The molecule has 0 aromatic heterocycles. The van der Waals surface area contributed by atoms with Gasteiger partial charge in [-0.2, -0.15) is 0 Å². The largest absolute Gasteiger partial charge is 0.379 e. The Morgan fingerprint density at radius 3 is 2.52 bits per heavy atom. The minimum atomic E-state index is -0.512. The highest BCUT2D eigenvalue weighted by atomic mass is 16.5. The van der Waals surface area contributed by atoms with Gasteiger partial charge in [0.25, 0.3) is 5.91 Å². The van der Waals surface area contributed by atoms with Crippen LogP contribution in [0.25, 0.3) is 0 Å². The molecule has 2 amide bonds. The van der Waals surface area contributed by atoms with Crippen molar-refractivity contribution in [2.45, 2.75) is 27.2 Å². The van der Waals surface area contributed by atoms with E-state index in [4.69, 9.17) is 4.74 Å². The maximum Gasteiger partial charge on any atom is 0.253 e. The Morgan fingerprint density at radius 1 is 1.16 bits per heavy atom. The number of morpholine rings is 1. The molecule has 2 N–H and O–H groups in total. The average molecular weight is 347 g/mol. The molecular formula is C19H29N3O3. The van der Waals surface area contributed by atoms with Crippen LogP contribution in [0.3, 0.4) is 0 Å². The fourth-order valence-electron chi connectivity index (χ4n) is 2.52. The number of hydrogen-bond acceptors (Lipinski definition) is 4. The van der Waals surface area contributed by atoms with E-state index in [9.17, 15) is 9.59 Å². The molecule has 0 unspecified atom stereocenters. The van der Waals surface area contributed by atoms with Crippen molar-refractivity contribution >= 4 is 17.5 Å². The normalized spacial score (nSPS) is 15.6. The molecule has 138 valence electrons. The second-order valence-corrected chi connectivity index (χ2v) is 7.31. The summed E-state index contributed by atoms with van der Waals surface area (Å²) in [5.41, 5.74) is 0.529. The third-order valence-corrected chi connectivity index (χ3v) is 4.14. The van der Waals surface area contributed by atoms with E-state index in [1.165, 1.54) is 0 Å². The molecule has 0 aliphatic carbocycles. The van der Waals surface area contributed by atoms with E-state index in [-0.39, 0.29) is 11.8 Å². The summed E-state index contributed by atoms with van der Waals surface area (Å²) in [6.45, 7) is 10.6. The monoisotopic (exact) mass is 347 g/mol. The molecule has 0 saturated carbocycles. The molecule has 25 heavy (non-hydrogen) atoms. The third kappa shape index (κ3) is 6.14. The maximum atomic E-state index is 12.5. The van der Waals surface area contributed by atoms with E-state index in [0.29, 0.717) is 17.8 Å². The first kappa shape index (κ1) is 19.4. The van der Waals surface area contributed by atoms with Crippen LogP contribution in [0.2, 0.25) is 0 Å². The lowest BCUT2D eigenvalue weighted by molar-refractivity contribution is -0.123. The molecule has 2 rings (SSSR count). The van der Waals surface area contributed by atoms with Gasteiger partial charge in [0.1, 0.15) is 0 Å². The summed E-state index contributed by atoms with van der Waals surface area (Å²) in [7, 11) is 0. The number of nitrogens with zero attached hydrogens (tertiary/aromatic N) is 1. The van der Waals surface area contributed by atoms with Crippen molar-refractivity contribution in [1.82, 2.24) is 10.2 Å². The van der Waals surface area contributed by atoms with Crippen LogP contribution in [0.5, 0.6) is 0 Å². The number of ether oxygens (including phenoxy) is 1. The van der Waals surface area contributed by atoms with E-state index in [0.717, 1.165) is 39.3 Å². The SMILES string of the molecule is CC(C)(C)C(=O)Nc1ccccc1C(=O)NCCCN1CCOCC1. The van der Waals surface area contributed by atoms with Gasteiger partial charge in [-0.15, -0.1) is 0 Å². The standard InChI is InChI=1S/C19H29N3O3/c1-19(2,3)18(24)21-16-8-5-4-7-15(16)17(23)20-9-6-10-22-11-13-25-14-12-22/h4-5,7-8H,6,9-14H2,1-3H3,(H,20,23)(H,21,24). The summed E-state index contributed by atoms with van der Waals surface area (Å²) in [5.74, 6) is -0.271. The molecule has 1 aliphatic rings. The number of para-hydroxylation sites is 1. The maximum absolute atomic E-state index is 12.5. The molecule has 6 heteroatoms. The molecule has 1 aliphatic heterocycles. The minimum absolute atomic E-state index is 0.111. The fourth-order valence-corrected chi connectivity index (χ4v) is 2.52. The van der Waals surface area contributed by atoms with E-state index in [1.807, 2.05) is 26.8 Å². The third-order valence-electron chi connectivity index (χ3n) is 4.14. The Labute approximate surface area is 149 Å². The van der Waals surface area contributed by atoms with Gasteiger partial charge in [0.2, 0.25) is 5.91 Å². The van der Waals surface area contributed by atoms with E-state index >= 15 is 0 Å². The summed E-state index contributed by atoms with van der Waals surface area (Å²) in [6, 6.07) is 7.10. The van der Waals surface area contributed by atoms with Crippen LogP contribution in [-0.4, -0.2) is 56.1 Å². The van der Waals surface area contributed by atoms with Gasteiger partial charge in [-0.05, 0) is 25.1 Å². The quantitative estimate of drug-likeness (QED) is 0.774. The highest BCUT2D eigenvalue weighted by Gasteiger charge is 2.23. The molecule has 0 radical (unpaired) electrons. The fraction of sp³-hybridized carbons (Fsp3) is 0.579. The number of carbonyl (C=O) groups is 2. The molecule has 1 saturated heterocycles.